The normalized spacial score (nSPS) is 20.3. The summed E-state index contributed by atoms with van der Waals surface area (Å²) >= 11 is 0. The summed E-state index contributed by atoms with van der Waals surface area (Å²) in [6, 6.07) is 13.3. The monoisotopic (exact) mass is 527 g/mol. The Morgan fingerprint density at radius 3 is 2.10 bits per heavy atom. The summed E-state index contributed by atoms with van der Waals surface area (Å²) in [6.07, 6.45) is 2.10. The van der Waals surface area contributed by atoms with Crippen molar-refractivity contribution in [2.75, 3.05) is 11.9 Å². The van der Waals surface area contributed by atoms with Crippen molar-refractivity contribution in [3.63, 3.8) is 0 Å². The van der Waals surface area contributed by atoms with E-state index < -0.39 is 5.92 Å². The van der Waals surface area contributed by atoms with Crippen molar-refractivity contribution in [1.29, 1.82) is 0 Å². The van der Waals surface area contributed by atoms with E-state index in [1.807, 2.05) is 50.2 Å². The van der Waals surface area contributed by atoms with Crippen LogP contribution in [0.15, 0.2) is 65.1 Å². The second-order valence-electron chi connectivity index (χ2n) is 12.8. The van der Waals surface area contributed by atoms with E-state index in [1.54, 1.807) is 6.07 Å². The topological polar surface area (TPSA) is 81.7 Å². The number of rotatable bonds is 5. The smallest absolute Gasteiger partial charge is 0.262 e. The molecule has 0 aromatic heterocycles. The van der Waals surface area contributed by atoms with Gasteiger partial charge in [0.1, 0.15) is 17.3 Å². The first-order valence-electron chi connectivity index (χ1n) is 13.6. The zero-order chi connectivity index (χ0) is 28.1. The fraction of sp³-hybridized carbons (Fsp3) is 0.424. The van der Waals surface area contributed by atoms with Gasteiger partial charge in [-0.05, 0) is 54.0 Å². The zero-order valence-electron chi connectivity index (χ0n) is 23.7. The van der Waals surface area contributed by atoms with Gasteiger partial charge in [-0.15, -0.1) is 0 Å². The lowest BCUT2D eigenvalue weighted by Crippen LogP contribution is -2.37. The van der Waals surface area contributed by atoms with Crippen molar-refractivity contribution in [3.05, 3.63) is 81.8 Å². The van der Waals surface area contributed by atoms with Crippen LogP contribution in [0, 0.1) is 24.7 Å². The van der Waals surface area contributed by atoms with Crippen LogP contribution in [0.1, 0.15) is 76.0 Å². The zero-order valence-corrected chi connectivity index (χ0v) is 23.7. The standard InChI is InChI=1S/C33H37NO5/c1-19-10-11-23(20(2)12-19)34-28(37)18-38-22-9-7-8-21(13-22)29-30-24(35)14-32(3,4)16-26(30)39-27-17-33(5,6)15-25(36)31(27)29/h7-13,29H,14-18H2,1-6H3,(H,34,37). The molecule has 1 N–H and O–H groups in total. The minimum absolute atomic E-state index is 0.0228. The average molecular weight is 528 g/mol. The van der Waals surface area contributed by atoms with Crippen LogP contribution in [-0.2, 0) is 19.1 Å². The van der Waals surface area contributed by atoms with E-state index in [2.05, 4.69) is 33.0 Å². The summed E-state index contributed by atoms with van der Waals surface area (Å²) in [5.74, 6) is 1.16. The third-order valence-corrected chi connectivity index (χ3v) is 7.80. The summed E-state index contributed by atoms with van der Waals surface area (Å²) in [7, 11) is 0. The summed E-state index contributed by atoms with van der Waals surface area (Å²) in [5, 5.41) is 2.90. The molecular weight excluding hydrogens is 490 g/mol. The fourth-order valence-corrected chi connectivity index (χ4v) is 6.08. The SMILES string of the molecule is Cc1ccc(NC(=O)COc2cccc(C3C4=C(CC(C)(C)CC4=O)OC4=C3C(=O)CC(C)(C)C4)c2)c(C)c1. The van der Waals surface area contributed by atoms with Gasteiger partial charge in [0.05, 0.1) is 0 Å². The summed E-state index contributed by atoms with van der Waals surface area (Å²) in [4.78, 5) is 39.6. The third-order valence-electron chi connectivity index (χ3n) is 7.80. The van der Waals surface area contributed by atoms with E-state index in [1.165, 1.54) is 0 Å². The second-order valence-corrected chi connectivity index (χ2v) is 12.8. The number of amides is 1. The quantitative estimate of drug-likeness (QED) is 0.467. The Morgan fingerprint density at radius 1 is 0.897 bits per heavy atom. The minimum atomic E-state index is -0.497. The first-order valence-corrected chi connectivity index (χ1v) is 13.6. The summed E-state index contributed by atoms with van der Waals surface area (Å²) < 4.78 is 12.3. The van der Waals surface area contributed by atoms with Gasteiger partial charge in [-0.25, -0.2) is 0 Å². The Labute approximate surface area is 230 Å². The number of ketones is 2. The molecule has 1 amide bonds. The molecule has 204 valence electrons. The van der Waals surface area contributed by atoms with Crippen LogP contribution in [0.5, 0.6) is 5.75 Å². The van der Waals surface area contributed by atoms with Gasteiger partial charge in [0.15, 0.2) is 18.2 Å². The Morgan fingerprint density at radius 2 is 1.51 bits per heavy atom. The van der Waals surface area contributed by atoms with Gasteiger partial charge in [-0.3, -0.25) is 14.4 Å². The maximum atomic E-state index is 13.5. The van der Waals surface area contributed by atoms with Crippen molar-refractivity contribution in [2.24, 2.45) is 10.8 Å². The molecule has 0 bridgehead atoms. The molecule has 6 heteroatoms. The lowest BCUT2D eigenvalue weighted by atomic mass is 9.65. The Hall–Kier alpha value is -3.67. The molecule has 0 saturated carbocycles. The number of aryl methyl sites for hydroxylation is 2. The Kier molecular flexibility index (Phi) is 6.78. The van der Waals surface area contributed by atoms with Crippen LogP contribution in [0.25, 0.3) is 0 Å². The van der Waals surface area contributed by atoms with Gasteiger partial charge in [-0.2, -0.15) is 0 Å². The first-order chi connectivity index (χ1) is 18.3. The minimum Gasteiger partial charge on any atom is -0.484 e. The molecule has 3 aliphatic rings. The maximum Gasteiger partial charge on any atom is 0.262 e. The van der Waals surface area contributed by atoms with Crippen LogP contribution in [0.3, 0.4) is 0 Å². The molecule has 1 aliphatic heterocycles. The van der Waals surface area contributed by atoms with Crippen molar-refractivity contribution in [3.8, 4) is 5.75 Å². The largest absolute Gasteiger partial charge is 0.484 e. The highest BCUT2D eigenvalue weighted by molar-refractivity contribution is 6.06. The lowest BCUT2D eigenvalue weighted by Gasteiger charge is -2.42. The van der Waals surface area contributed by atoms with Gasteiger partial charge in [0.25, 0.3) is 5.91 Å². The molecule has 2 aromatic carbocycles. The molecule has 2 aliphatic carbocycles. The molecule has 0 spiro atoms. The number of Topliss-reactive ketones (excluding diaryl/α,β-unsaturated/α-hetero) is 2. The first kappa shape index (κ1) is 26.9. The number of carbonyl (C=O) groups is 3. The Balaban J connectivity index is 1.44. The molecule has 2 aromatic rings. The van der Waals surface area contributed by atoms with E-state index in [0.29, 0.717) is 54.1 Å². The number of nitrogens with one attached hydrogen (secondary N) is 1. The predicted octanol–water partition coefficient (Wildman–Crippen LogP) is 6.72. The molecule has 1 heterocycles. The highest BCUT2D eigenvalue weighted by Crippen LogP contribution is 2.53. The molecule has 0 radical (unpaired) electrons. The van der Waals surface area contributed by atoms with Crippen LogP contribution in [0.4, 0.5) is 5.69 Å². The van der Waals surface area contributed by atoms with E-state index in [-0.39, 0.29) is 34.9 Å². The summed E-state index contributed by atoms with van der Waals surface area (Å²) in [5.41, 5.74) is 4.42. The highest BCUT2D eigenvalue weighted by atomic mass is 16.5. The van der Waals surface area contributed by atoms with Gasteiger partial charge >= 0.3 is 0 Å². The number of hydrogen-bond acceptors (Lipinski definition) is 5. The molecule has 6 nitrogen and oxygen atoms in total. The van der Waals surface area contributed by atoms with Crippen molar-refractivity contribution < 1.29 is 23.9 Å². The molecule has 0 atom stereocenters. The predicted molar refractivity (Wildman–Crippen MR) is 150 cm³/mol. The summed E-state index contributed by atoms with van der Waals surface area (Å²) in [6.45, 7) is 12.1. The van der Waals surface area contributed by atoms with Crippen molar-refractivity contribution in [2.45, 2.75) is 73.1 Å². The van der Waals surface area contributed by atoms with Crippen LogP contribution in [-0.4, -0.2) is 24.1 Å². The van der Waals surface area contributed by atoms with Crippen molar-refractivity contribution in [1.82, 2.24) is 0 Å². The van der Waals surface area contributed by atoms with Crippen LogP contribution < -0.4 is 10.1 Å². The third kappa shape index (κ3) is 5.56. The number of anilines is 1. The van der Waals surface area contributed by atoms with E-state index >= 15 is 0 Å². The molecule has 0 saturated heterocycles. The molecule has 0 unspecified atom stereocenters. The fourth-order valence-electron chi connectivity index (χ4n) is 6.08. The van der Waals surface area contributed by atoms with E-state index in [9.17, 15) is 14.4 Å². The van der Waals surface area contributed by atoms with Crippen molar-refractivity contribution >= 4 is 23.2 Å². The number of benzene rings is 2. The number of ether oxygens (including phenoxy) is 2. The van der Waals surface area contributed by atoms with Crippen LogP contribution in [0.2, 0.25) is 0 Å². The van der Waals surface area contributed by atoms with Gasteiger partial charge in [0, 0.05) is 48.4 Å². The van der Waals surface area contributed by atoms with Gasteiger partial charge < -0.3 is 14.8 Å². The van der Waals surface area contributed by atoms with E-state index in [4.69, 9.17) is 9.47 Å². The molecule has 0 fully saturated rings. The Bertz CT molecular complexity index is 1390. The number of hydrogen-bond donors (Lipinski definition) is 1. The molecular formula is C33H37NO5. The molecule has 5 rings (SSSR count). The molecule has 39 heavy (non-hydrogen) atoms. The highest BCUT2D eigenvalue weighted by Gasteiger charge is 2.47. The van der Waals surface area contributed by atoms with E-state index in [0.717, 1.165) is 22.4 Å². The van der Waals surface area contributed by atoms with Crippen LogP contribution >= 0.6 is 0 Å². The van der Waals surface area contributed by atoms with Gasteiger partial charge in [-0.1, -0.05) is 57.5 Å². The maximum absolute atomic E-state index is 13.5. The number of allylic oxidation sites excluding steroid dienone is 4. The van der Waals surface area contributed by atoms with Gasteiger partial charge in [0.2, 0.25) is 0 Å². The number of carbonyl (C=O) groups excluding carboxylic acids is 3. The average Bonchev–Trinajstić information content (AvgIpc) is 2.82. The lowest BCUT2D eigenvalue weighted by molar-refractivity contribution is -0.120. The second kappa shape index (κ2) is 9.82.